The van der Waals surface area contributed by atoms with Gasteiger partial charge in [0.25, 0.3) is 0 Å². The molecule has 0 aromatic heterocycles. The number of aryl methyl sites for hydroxylation is 1. The largest absolute Gasteiger partial charge is 0.493 e. The van der Waals surface area contributed by atoms with Gasteiger partial charge in [0, 0.05) is 17.9 Å². The van der Waals surface area contributed by atoms with Crippen molar-refractivity contribution in [2.75, 3.05) is 6.61 Å². The molecule has 1 saturated carbocycles. The predicted molar refractivity (Wildman–Crippen MR) is 105 cm³/mol. The third kappa shape index (κ3) is 4.12. The van der Waals surface area contributed by atoms with Crippen LogP contribution in [0.15, 0.2) is 42.5 Å². The van der Waals surface area contributed by atoms with E-state index in [1.54, 1.807) is 0 Å². The summed E-state index contributed by atoms with van der Waals surface area (Å²) in [5.41, 5.74) is 3.28. The summed E-state index contributed by atoms with van der Waals surface area (Å²) in [6, 6.07) is 13.7. The minimum absolute atomic E-state index is 0.0121. The van der Waals surface area contributed by atoms with Crippen LogP contribution in [0.2, 0.25) is 5.02 Å². The van der Waals surface area contributed by atoms with E-state index >= 15 is 0 Å². The fourth-order valence-corrected chi connectivity index (χ4v) is 4.20. The Kier molecular flexibility index (Phi) is 5.37. The highest BCUT2D eigenvalue weighted by Crippen LogP contribution is 2.39. The van der Waals surface area contributed by atoms with Gasteiger partial charge in [0.15, 0.2) is 0 Å². The second-order valence-electron chi connectivity index (χ2n) is 7.49. The summed E-state index contributed by atoms with van der Waals surface area (Å²) >= 11 is 6.19. The van der Waals surface area contributed by atoms with Gasteiger partial charge < -0.3 is 15.2 Å². The molecule has 27 heavy (non-hydrogen) atoms. The number of carbonyl (C=O) groups excluding carboxylic acids is 1. The number of aliphatic hydroxyl groups excluding tert-OH is 1. The SMILES string of the molecule is O=C(CCc1ccccc1Cl)NC(c1ccc2c(c1)CCO2)C1CC(O)C1. The minimum atomic E-state index is -0.254. The number of nitrogens with one attached hydrogen (secondary N) is 1. The van der Waals surface area contributed by atoms with E-state index in [4.69, 9.17) is 16.3 Å². The second kappa shape index (κ2) is 7.91. The Hall–Kier alpha value is -2.04. The van der Waals surface area contributed by atoms with Gasteiger partial charge in [-0.15, -0.1) is 0 Å². The zero-order chi connectivity index (χ0) is 18.8. The van der Waals surface area contributed by atoms with Gasteiger partial charge in [0.1, 0.15) is 5.75 Å². The van der Waals surface area contributed by atoms with Crippen LogP contribution in [0.5, 0.6) is 5.75 Å². The zero-order valence-corrected chi connectivity index (χ0v) is 15.9. The minimum Gasteiger partial charge on any atom is -0.493 e. The van der Waals surface area contributed by atoms with Crippen molar-refractivity contribution in [3.63, 3.8) is 0 Å². The van der Waals surface area contributed by atoms with Crippen molar-refractivity contribution in [1.82, 2.24) is 5.32 Å². The molecule has 1 atom stereocenters. The Labute approximate surface area is 164 Å². The van der Waals surface area contributed by atoms with E-state index in [0.29, 0.717) is 17.9 Å². The summed E-state index contributed by atoms with van der Waals surface area (Å²) in [6.07, 6.45) is 3.11. The first-order valence-corrected chi connectivity index (χ1v) is 9.94. The Balaban J connectivity index is 1.45. The molecule has 2 aromatic rings. The molecule has 2 aliphatic rings. The standard InChI is InChI=1S/C22H24ClNO3/c23-19-4-2-1-3-14(19)6-8-21(26)24-22(17-12-18(25)13-17)16-5-7-20-15(11-16)9-10-27-20/h1-5,7,11,17-18,22,25H,6,8-10,12-13H2,(H,24,26). The van der Waals surface area contributed by atoms with E-state index in [0.717, 1.165) is 42.7 Å². The molecule has 0 radical (unpaired) electrons. The molecule has 0 spiro atoms. The van der Waals surface area contributed by atoms with Crippen molar-refractivity contribution < 1.29 is 14.6 Å². The van der Waals surface area contributed by atoms with Gasteiger partial charge in [-0.3, -0.25) is 4.79 Å². The number of benzene rings is 2. The number of fused-ring (bicyclic) bond motifs is 1. The Morgan fingerprint density at radius 1 is 1.26 bits per heavy atom. The van der Waals surface area contributed by atoms with Gasteiger partial charge in [-0.2, -0.15) is 0 Å². The molecule has 0 saturated heterocycles. The Morgan fingerprint density at radius 2 is 2.07 bits per heavy atom. The first kappa shape index (κ1) is 18.3. The molecule has 0 bridgehead atoms. The van der Waals surface area contributed by atoms with Crippen LogP contribution in [0.1, 0.15) is 42.0 Å². The van der Waals surface area contributed by atoms with Crippen LogP contribution in [-0.2, 0) is 17.6 Å². The van der Waals surface area contributed by atoms with Gasteiger partial charge >= 0.3 is 0 Å². The number of aliphatic hydroxyl groups is 1. The fourth-order valence-electron chi connectivity index (χ4n) is 3.97. The number of carbonyl (C=O) groups is 1. The summed E-state index contributed by atoms with van der Waals surface area (Å²) in [5, 5.41) is 13.6. The molecule has 1 fully saturated rings. The zero-order valence-electron chi connectivity index (χ0n) is 15.2. The smallest absolute Gasteiger partial charge is 0.220 e. The first-order chi connectivity index (χ1) is 13.1. The van der Waals surface area contributed by atoms with Crippen LogP contribution in [-0.4, -0.2) is 23.7 Å². The highest BCUT2D eigenvalue weighted by atomic mass is 35.5. The Morgan fingerprint density at radius 3 is 2.85 bits per heavy atom. The summed E-state index contributed by atoms with van der Waals surface area (Å²) in [6.45, 7) is 0.718. The van der Waals surface area contributed by atoms with Crippen molar-refractivity contribution >= 4 is 17.5 Å². The molecule has 5 heteroatoms. The van der Waals surface area contributed by atoms with Crippen molar-refractivity contribution in [2.45, 2.75) is 44.2 Å². The lowest BCUT2D eigenvalue weighted by Crippen LogP contribution is -2.41. The second-order valence-corrected chi connectivity index (χ2v) is 7.89. The lowest BCUT2D eigenvalue weighted by molar-refractivity contribution is -0.123. The average Bonchev–Trinajstić information content (AvgIpc) is 3.11. The lowest BCUT2D eigenvalue weighted by Gasteiger charge is -2.38. The van der Waals surface area contributed by atoms with Crippen LogP contribution in [0.25, 0.3) is 0 Å². The molecule has 2 N–H and O–H groups in total. The molecule has 4 nitrogen and oxygen atoms in total. The van der Waals surface area contributed by atoms with E-state index in [1.807, 2.05) is 36.4 Å². The third-order valence-electron chi connectivity index (χ3n) is 5.59. The van der Waals surface area contributed by atoms with E-state index in [1.165, 1.54) is 5.56 Å². The van der Waals surface area contributed by atoms with Crippen LogP contribution in [0, 0.1) is 5.92 Å². The lowest BCUT2D eigenvalue weighted by atomic mass is 9.74. The molecule has 4 rings (SSSR count). The predicted octanol–water partition coefficient (Wildman–Crippen LogP) is 3.84. The number of ether oxygens (including phenoxy) is 1. The van der Waals surface area contributed by atoms with E-state index in [-0.39, 0.29) is 24.0 Å². The molecule has 142 valence electrons. The number of halogens is 1. The van der Waals surface area contributed by atoms with E-state index in [9.17, 15) is 9.90 Å². The fraction of sp³-hybridized carbons (Fsp3) is 0.409. The Bertz CT molecular complexity index is 832. The van der Waals surface area contributed by atoms with Crippen LogP contribution >= 0.6 is 11.6 Å². The first-order valence-electron chi connectivity index (χ1n) is 9.56. The van der Waals surface area contributed by atoms with Gasteiger partial charge in [-0.05, 0) is 60.1 Å². The number of hydrogen-bond donors (Lipinski definition) is 2. The summed E-state index contributed by atoms with van der Waals surface area (Å²) in [7, 11) is 0. The third-order valence-corrected chi connectivity index (χ3v) is 5.96. The van der Waals surface area contributed by atoms with Crippen LogP contribution in [0.3, 0.4) is 0 Å². The van der Waals surface area contributed by atoms with Crippen molar-refractivity contribution in [3.8, 4) is 5.75 Å². The summed E-state index contributed by atoms with van der Waals surface area (Å²) < 4.78 is 5.59. The maximum absolute atomic E-state index is 12.6. The van der Waals surface area contributed by atoms with Gasteiger partial charge in [0.05, 0.1) is 18.8 Å². The van der Waals surface area contributed by atoms with Gasteiger partial charge in [-0.1, -0.05) is 35.9 Å². The number of rotatable bonds is 6. The van der Waals surface area contributed by atoms with E-state index in [2.05, 4.69) is 11.4 Å². The topological polar surface area (TPSA) is 58.6 Å². The molecular formula is C22H24ClNO3. The molecule has 1 aliphatic heterocycles. The van der Waals surface area contributed by atoms with Crippen LogP contribution < -0.4 is 10.1 Å². The highest BCUT2D eigenvalue weighted by Gasteiger charge is 2.36. The van der Waals surface area contributed by atoms with E-state index < -0.39 is 0 Å². The summed E-state index contributed by atoms with van der Waals surface area (Å²) in [5.74, 6) is 1.22. The van der Waals surface area contributed by atoms with Gasteiger partial charge in [-0.25, -0.2) is 0 Å². The molecule has 1 aliphatic carbocycles. The molecule has 1 amide bonds. The molecule has 1 unspecified atom stereocenters. The van der Waals surface area contributed by atoms with Crippen molar-refractivity contribution in [2.24, 2.45) is 5.92 Å². The highest BCUT2D eigenvalue weighted by molar-refractivity contribution is 6.31. The number of hydrogen-bond acceptors (Lipinski definition) is 3. The number of amides is 1. The van der Waals surface area contributed by atoms with Crippen molar-refractivity contribution in [1.29, 1.82) is 0 Å². The summed E-state index contributed by atoms with van der Waals surface area (Å²) in [4.78, 5) is 12.6. The molecule has 1 heterocycles. The average molecular weight is 386 g/mol. The van der Waals surface area contributed by atoms with Crippen molar-refractivity contribution in [3.05, 3.63) is 64.2 Å². The maximum atomic E-state index is 12.6. The monoisotopic (exact) mass is 385 g/mol. The molecular weight excluding hydrogens is 362 g/mol. The quantitative estimate of drug-likeness (QED) is 0.794. The van der Waals surface area contributed by atoms with Gasteiger partial charge in [0.2, 0.25) is 5.91 Å². The maximum Gasteiger partial charge on any atom is 0.220 e. The van der Waals surface area contributed by atoms with Crippen LogP contribution in [0.4, 0.5) is 0 Å². The molecule has 2 aromatic carbocycles. The normalized spacial score (nSPS) is 21.7.